The van der Waals surface area contributed by atoms with Crippen molar-refractivity contribution in [3.63, 3.8) is 0 Å². The van der Waals surface area contributed by atoms with Crippen molar-refractivity contribution < 1.29 is 14.3 Å². The molecule has 0 saturated carbocycles. The van der Waals surface area contributed by atoms with Crippen molar-refractivity contribution in [2.75, 3.05) is 13.2 Å². The first-order chi connectivity index (χ1) is 11.4. The van der Waals surface area contributed by atoms with Gasteiger partial charge in [-0.05, 0) is 39.8 Å². The van der Waals surface area contributed by atoms with Gasteiger partial charge in [-0.3, -0.25) is 9.48 Å². The number of rotatable bonds is 7. The van der Waals surface area contributed by atoms with E-state index in [4.69, 9.17) is 9.47 Å². The van der Waals surface area contributed by atoms with Crippen LogP contribution >= 0.6 is 0 Å². The van der Waals surface area contributed by atoms with Gasteiger partial charge in [-0.1, -0.05) is 17.7 Å². The van der Waals surface area contributed by atoms with Crippen molar-refractivity contribution in [3.8, 4) is 11.5 Å². The highest BCUT2D eigenvalue weighted by Crippen LogP contribution is 2.21. The number of nitrogens with one attached hydrogen (secondary N) is 1. The highest BCUT2D eigenvalue weighted by molar-refractivity contribution is 5.77. The first kappa shape index (κ1) is 17.8. The summed E-state index contributed by atoms with van der Waals surface area (Å²) in [4.78, 5) is 12.0. The Kier molecular flexibility index (Phi) is 5.84. The fraction of sp³-hybridized carbons (Fsp3) is 0.444. The molecule has 0 fully saturated rings. The number of carbonyl (C=O) groups is 1. The van der Waals surface area contributed by atoms with Gasteiger partial charge < -0.3 is 14.8 Å². The zero-order valence-corrected chi connectivity index (χ0v) is 14.9. The van der Waals surface area contributed by atoms with Crippen molar-refractivity contribution in [1.82, 2.24) is 15.1 Å². The Labute approximate surface area is 142 Å². The van der Waals surface area contributed by atoms with Crippen LogP contribution in [0.2, 0.25) is 0 Å². The number of nitrogens with zero attached hydrogens (tertiary/aromatic N) is 2. The second-order valence-electron chi connectivity index (χ2n) is 6.00. The molecule has 0 aliphatic heterocycles. The topological polar surface area (TPSA) is 65.4 Å². The predicted octanol–water partition coefficient (Wildman–Crippen LogP) is 2.31. The predicted molar refractivity (Wildman–Crippen MR) is 92.5 cm³/mol. The van der Waals surface area contributed by atoms with Gasteiger partial charge in [0.15, 0.2) is 12.4 Å². The Bertz CT molecular complexity index is 692. The van der Waals surface area contributed by atoms with Crippen LogP contribution in [0.4, 0.5) is 0 Å². The van der Waals surface area contributed by atoms with Gasteiger partial charge in [0.2, 0.25) is 0 Å². The van der Waals surface area contributed by atoms with Crippen LogP contribution in [0, 0.1) is 20.8 Å². The van der Waals surface area contributed by atoms with Crippen molar-refractivity contribution >= 4 is 5.91 Å². The number of carbonyl (C=O) groups excluding carboxylic acids is 1. The molecular weight excluding hydrogens is 306 g/mol. The van der Waals surface area contributed by atoms with E-state index < -0.39 is 0 Å². The molecule has 0 spiro atoms. The molecule has 0 bridgehead atoms. The van der Waals surface area contributed by atoms with Crippen LogP contribution in [-0.2, 0) is 11.8 Å². The Hall–Kier alpha value is -2.50. The second kappa shape index (κ2) is 7.86. The first-order valence-corrected chi connectivity index (χ1v) is 7.98. The summed E-state index contributed by atoms with van der Waals surface area (Å²) in [5.74, 6) is 1.27. The lowest BCUT2D eigenvalue weighted by Gasteiger charge is -2.15. The molecule has 1 aromatic carbocycles. The zero-order chi connectivity index (χ0) is 17.7. The van der Waals surface area contributed by atoms with Crippen LogP contribution in [0.25, 0.3) is 0 Å². The van der Waals surface area contributed by atoms with E-state index in [1.807, 2.05) is 59.0 Å². The summed E-state index contributed by atoms with van der Waals surface area (Å²) >= 11 is 0. The fourth-order valence-corrected chi connectivity index (χ4v) is 2.31. The highest BCUT2D eigenvalue weighted by atomic mass is 16.5. The van der Waals surface area contributed by atoms with Crippen LogP contribution in [0.3, 0.4) is 0 Å². The molecule has 0 radical (unpaired) electrons. The lowest BCUT2D eigenvalue weighted by atomic mass is 10.2. The van der Waals surface area contributed by atoms with Crippen molar-refractivity contribution in [3.05, 3.63) is 41.2 Å². The van der Waals surface area contributed by atoms with E-state index >= 15 is 0 Å². The number of hydrogen-bond acceptors (Lipinski definition) is 4. The van der Waals surface area contributed by atoms with E-state index in [2.05, 4.69) is 10.4 Å². The molecule has 1 amide bonds. The van der Waals surface area contributed by atoms with Crippen LogP contribution in [0.15, 0.2) is 24.3 Å². The first-order valence-electron chi connectivity index (χ1n) is 7.98. The van der Waals surface area contributed by atoms with Gasteiger partial charge in [0, 0.05) is 7.05 Å². The number of benzene rings is 1. The molecule has 6 heteroatoms. The molecule has 1 aromatic heterocycles. The van der Waals surface area contributed by atoms with Crippen LogP contribution < -0.4 is 14.8 Å². The van der Waals surface area contributed by atoms with Gasteiger partial charge >= 0.3 is 0 Å². The van der Waals surface area contributed by atoms with Crippen LogP contribution in [0.1, 0.15) is 23.9 Å². The number of amides is 1. The minimum Gasteiger partial charge on any atom is -0.491 e. The molecule has 2 aromatic rings. The quantitative estimate of drug-likeness (QED) is 0.845. The Morgan fingerprint density at radius 3 is 2.46 bits per heavy atom. The average Bonchev–Trinajstić information content (AvgIpc) is 2.77. The van der Waals surface area contributed by atoms with E-state index in [9.17, 15) is 4.79 Å². The lowest BCUT2D eigenvalue weighted by molar-refractivity contribution is -0.123. The average molecular weight is 331 g/mol. The monoisotopic (exact) mass is 331 g/mol. The lowest BCUT2D eigenvalue weighted by Crippen LogP contribution is -2.39. The van der Waals surface area contributed by atoms with Crippen molar-refractivity contribution in [2.45, 2.75) is 33.7 Å². The third kappa shape index (κ3) is 4.75. The minimum atomic E-state index is -0.183. The molecule has 130 valence electrons. The van der Waals surface area contributed by atoms with E-state index in [0.29, 0.717) is 12.4 Å². The summed E-state index contributed by atoms with van der Waals surface area (Å²) in [7, 11) is 1.85. The molecule has 0 aliphatic carbocycles. The summed E-state index contributed by atoms with van der Waals surface area (Å²) < 4.78 is 13.0. The van der Waals surface area contributed by atoms with E-state index in [1.165, 1.54) is 5.56 Å². The van der Waals surface area contributed by atoms with Crippen molar-refractivity contribution in [2.24, 2.45) is 7.05 Å². The third-order valence-electron chi connectivity index (χ3n) is 3.72. The Morgan fingerprint density at radius 2 is 1.88 bits per heavy atom. The second-order valence-corrected chi connectivity index (χ2v) is 6.00. The summed E-state index contributed by atoms with van der Waals surface area (Å²) in [6.45, 7) is 8.05. The molecular formula is C18H25N3O3. The fourth-order valence-electron chi connectivity index (χ4n) is 2.31. The Balaban J connectivity index is 1.76. The normalized spacial score (nSPS) is 11.9. The smallest absolute Gasteiger partial charge is 0.258 e. The van der Waals surface area contributed by atoms with Gasteiger partial charge in [-0.25, -0.2) is 0 Å². The third-order valence-corrected chi connectivity index (χ3v) is 3.72. The maximum Gasteiger partial charge on any atom is 0.258 e. The number of aromatic nitrogens is 2. The van der Waals surface area contributed by atoms with E-state index in [1.54, 1.807) is 4.68 Å². The van der Waals surface area contributed by atoms with Gasteiger partial charge in [0.25, 0.3) is 5.91 Å². The summed E-state index contributed by atoms with van der Waals surface area (Å²) in [5.41, 5.74) is 2.86. The number of aryl methyl sites for hydroxylation is 3. The van der Waals surface area contributed by atoms with Gasteiger partial charge in [0.1, 0.15) is 18.1 Å². The van der Waals surface area contributed by atoms with Crippen LogP contribution in [-0.4, -0.2) is 34.9 Å². The standard InChI is InChI=1S/C18H25N3O3/c1-12-6-8-16(9-7-12)23-10-13(2)19-17(22)11-24-18-14(3)20-21(5)15(18)4/h6-9,13H,10-11H2,1-5H3,(H,19,22)/t13-/m1/s1. The van der Waals surface area contributed by atoms with Gasteiger partial charge in [0.05, 0.1) is 11.7 Å². The van der Waals surface area contributed by atoms with E-state index in [-0.39, 0.29) is 18.6 Å². The van der Waals surface area contributed by atoms with Gasteiger partial charge in [-0.15, -0.1) is 0 Å². The van der Waals surface area contributed by atoms with Crippen LogP contribution in [0.5, 0.6) is 11.5 Å². The molecule has 1 atom stereocenters. The Morgan fingerprint density at radius 1 is 1.21 bits per heavy atom. The molecule has 1 N–H and O–H groups in total. The summed E-state index contributed by atoms with van der Waals surface area (Å²) in [6.07, 6.45) is 0. The maximum atomic E-state index is 12.0. The minimum absolute atomic E-state index is 0.0394. The zero-order valence-electron chi connectivity index (χ0n) is 14.9. The summed E-state index contributed by atoms with van der Waals surface area (Å²) in [5, 5.41) is 7.12. The SMILES string of the molecule is Cc1ccc(OC[C@@H](C)NC(=O)COc2c(C)nn(C)c2C)cc1. The maximum absolute atomic E-state index is 12.0. The number of ether oxygens (including phenoxy) is 2. The molecule has 24 heavy (non-hydrogen) atoms. The molecule has 6 nitrogen and oxygen atoms in total. The van der Waals surface area contributed by atoms with Crippen molar-refractivity contribution in [1.29, 1.82) is 0 Å². The largest absolute Gasteiger partial charge is 0.491 e. The molecule has 0 aliphatic rings. The molecule has 0 saturated heterocycles. The highest BCUT2D eigenvalue weighted by Gasteiger charge is 2.14. The number of hydrogen-bond donors (Lipinski definition) is 1. The molecule has 0 unspecified atom stereocenters. The molecule has 2 rings (SSSR count). The van der Waals surface area contributed by atoms with E-state index in [0.717, 1.165) is 17.1 Å². The van der Waals surface area contributed by atoms with Gasteiger partial charge in [-0.2, -0.15) is 5.10 Å². The summed E-state index contributed by atoms with van der Waals surface area (Å²) in [6, 6.07) is 7.70. The molecule has 1 heterocycles.